The van der Waals surface area contributed by atoms with Gasteiger partial charge >= 0.3 is 0 Å². The summed E-state index contributed by atoms with van der Waals surface area (Å²) in [6.07, 6.45) is 9.00. The van der Waals surface area contributed by atoms with E-state index in [-0.39, 0.29) is 11.5 Å². The van der Waals surface area contributed by atoms with Gasteiger partial charge in [0, 0.05) is 50.5 Å². The molecule has 8 heteroatoms. The van der Waals surface area contributed by atoms with Gasteiger partial charge in [-0.05, 0) is 61.4 Å². The third kappa shape index (κ3) is 3.40. The van der Waals surface area contributed by atoms with Crippen LogP contribution in [0.1, 0.15) is 46.4 Å². The van der Waals surface area contributed by atoms with Gasteiger partial charge in [0.05, 0.1) is 22.9 Å². The number of fused-ring (bicyclic) bond motifs is 4. The van der Waals surface area contributed by atoms with Gasteiger partial charge in [-0.25, -0.2) is 4.98 Å². The van der Waals surface area contributed by atoms with Crippen molar-refractivity contribution in [2.24, 2.45) is 0 Å². The monoisotopic (exact) mass is 444 g/mol. The molecule has 3 aromatic rings. The molecule has 0 spiro atoms. The van der Waals surface area contributed by atoms with E-state index in [4.69, 9.17) is 4.98 Å². The number of hydrogen-bond donors (Lipinski definition) is 2. The van der Waals surface area contributed by atoms with E-state index >= 15 is 0 Å². The van der Waals surface area contributed by atoms with Crippen LogP contribution in [-0.2, 0) is 19.4 Å². The van der Waals surface area contributed by atoms with E-state index in [1.54, 1.807) is 13.1 Å². The Labute approximate surface area is 192 Å². The van der Waals surface area contributed by atoms with Gasteiger partial charge in [-0.2, -0.15) is 0 Å². The summed E-state index contributed by atoms with van der Waals surface area (Å²) in [5, 5.41) is 2.62. The molecule has 170 valence electrons. The van der Waals surface area contributed by atoms with Crippen LogP contribution in [0.2, 0.25) is 0 Å². The predicted octanol–water partition coefficient (Wildman–Crippen LogP) is 2.02. The summed E-state index contributed by atoms with van der Waals surface area (Å²) in [6, 6.07) is 6.87. The fourth-order valence-electron chi connectivity index (χ4n) is 5.78. The first-order valence-corrected chi connectivity index (χ1v) is 11.8. The van der Waals surface area contributed by atoms with E-state index in [9.17, 15) is 9.59 Å². The van der Waals surface area contributed by atoms with Gasteiger partial charge in [-0.3, -0.25) is 19.5 Å². The fourth-order valence-corrected chi connectivity index (χ4v) is 5.78. The van der Waals surface area contributed by atoms with E-state index < -0.39 is 0 Å². The number of piperazine rings is 1. The molecule has 2 aliphatic carbocycles. The van der Waals surface area contributed by atoms with Crippen molar-refractivity contribution < 1.29 is 4.79 Å². The third-order valence-corrected chi connectivity index (χ3v) is 7.59. The summed E-state index contributed by atoms with van der Waals surface area (Å²) in [4.78, 5) is 41.4. The Kier molecular flexibility index (Phi) is 4.90. The van der Waals surface area contributed by atoms with Crippen LogP contribution in [0, 0.1) is 0 Å². The Morgan fingerprint density at radius 2 is 1.97 bits per heavy atom. The SMILES string of the molecule is CNC(=O)c1ccc(N2CCN(Cc3cnc4c5c(c(=O)[nH]c4c3)CCC5)C3CCC32)cn1. The first-order chi connectivity index (χ1) is 16.1. The average molecular weight is 445 g/mol. The second kappa shape index (κ2) is 7.95. The number of nitrogens with zero attached hydrogens (tertiary/aromatic N) is 4. The van der Waals surface area contributed by atoms with Gasteiger partial charge < -0.3 is 15.2 Å². The summed E-state index contributed by atoms with van der Waals surface area (Å²) < 4.78 is 0. The lowest BCUT2D eigenvalue weighted by Gasteiger charge is -2.54. The Balaban J connectivity index is 1.19. The number of carbonyl (C=O) groups excluding carboxylic acids is 1. The molecule has 0 aromatic carbocycles. The van der Waals surface area contributed by atoms with Gasteiger partial charge in [-0.1, -0.05) is 0 Å². The van der Waals surface area contributed by atoms with E-state index in [0.29, 0.717) is 17.8 Å². The largest absolute Gasteiger partial charge is 0.364 e. The molecule has 1 saturated heterocycles. The maximum Gasteiger partial charge on any atom is 0.269 e. The number of H-pyrrole nitrogens is 1. The lowest BCUT2D eigenvalue weighted by Crippen LogP contribution is -2.64. The molecule has 1 aliphatic heterocycles. The van der Waals surface area contributed by atoms with Crippen LogP contribution in [0.25, 0.3) is 11.0 Å². The number of anilines is 1. The van der Waals surface area contributed by atoms with Gasteiger partial charge in [0.15, 0.2) is 0 Å². The molecule has 0 radical (unpaired) electrons. The molecular weight excluding hydrogens is 416 g/mol. The molecule has 2 N–H and O–H groups in total. The van der Waals surface area contributed by atoms with Crippen molar-refractivity contribution in [1.82, 2.24) is 25.2 Å². The van der Waals surface area contributed by atoms with Crippen molar-refractivity contribution in [2.45, 2.75) is 50.7 Å². The lowest BCUT2D eigenvalue weighted by molar-refractivity contribution is 0.0658. The highest BCUT2D eigenvalue weighted by molar-refractivity contribution is 5.92. The number of aromatic amines is 1. The van der Waals surface area contributed by atoms with E-state index in [1.165, 1.54) is 6.42 Å². The highest BCUT2D eigenvalue weighted by atomic mass is 16.1. The standard InChI is InChI=1S/C25H28N6O2/c1-26-25(33)19-6-5-16(13-27-19)31-10-9-30(21-7-8-22(21)31)14-15-11-20-23(28-12-15)17-3-2-4-18(17)24(32)29-20/h5-6,11-13,21-22H,2-4,7-10,14H2,1H3,(H,26,33)(H,29,32). The Bertz CT molecular complexity index is 1280. The van der Waals surface area contributed by atoms with E-state index in [0.717, 1.165) is 78.7 Å². The number of rotatable bonds is 4. The topological polar surface area (TPSA) is 94.2 Å². The molecule has 33 heavy (non-hydrogen) atoms. The summed E-state index contributed by atoms with van der Waals surface area (Å²) in [6.45, 7) is 2.72. The maximum absolute atomic E-state index is 12.5. The second-order valence-electron chi connectivity index (χ2n) is 9.36. The highest BCUT2D eigenvalue weighted by Crippen LogP contribution is 2.37. The van der Waals surface area contributed by atoms with Crippen molar-refractivity contribution in [3.05, 3.63) is 63.3 Å². The smallest absolute Gasteiger partial charge is 0.269 e. The number of carbonyl (C=O) groups is 1. The molecule has 1 saturated carbocycles. The quantitative estimate of drug-likeness (QED) is 0.640. The molecular formula is C25H28N6O2. The zero-order chi connectivity index (χ0) is 22.5. The molecule has 6 rings (SSSR count). The van der Waals surface area contributed by atoms with Crippen LogP contribution in [0.4, 0.5) is 5.69 Å². The van der Waals surface area contributed by atoms with Crippen LogP contribution in [0.5, 0.6) is 0 Å². The first-order valence-electron chi connectivity index (χ1n) is 11.8. The minimum atomic E-state index is -0.164. The van der Waals surface area contributed by atoms with Crippen LogP contribution in [0.3, 0.4) is 0 Å². The summed E-state index contributed by atoms with van der Waals surface area (Å²) in [7, 11) is 1.62. The summed E-state index contributed by atoms with van der Waals surface area (Å²) in [5.41, 5.74) is 6.62. The molecule has 1 amide bonds. The third-order valence-electron chi connectivity index (χ3n) is 7.59. The zero-order valence-electron chi connectivity index (χ0n) is 18.8. The molecule has 2 atom stereocenters. The Morgan fingerprint density at radius 3 is 2.73 bits per heavy atom. The number of hydrogen-bond acceptors (Lipinski definition) is 6. The molecule has 4 heterocycles. The number of amides is 1. The maximum atomic E-state index is 12.5. The fraction of sp³-hybridized carbons (Fsp3) is 0.440. The first kappa shape index (κ1) is 20.4. The number of nitrogens with one attached hydrogen (secondary N) is 2. The molecule has 0 bridgehead atoms. The van der Waals surface area contributed by atoms with Gasteiger partial charge in [0.1, 0.15) is 5.69 Å². The van der Waals surface area contributed by atoms with Gasteiger partial charge in [-0.15, -0.1) is 0 Å². The summed E-state index contributed by atoms with van der Waals surface area (Å²) >= 11 is 0. The van der Waals surface area contributed by atoms with Crippen LogP contribution >= 0.6 is 0 Å². The second-order valence-corrected chi connectivity index (χ2v) is 9.36. The normalized spacial score (nSPS) is 22.0. The molecule has 3 aromatic heterocycles. The van der Waals surface area contributed by atoms with Crippen molar-refractivity contribution in [3.8, 4) is 0 Å². The molecule has 3 aliphatic rings. The van der Waals surface area contributed by atoms with Crippen molar-refractivity contribution in [3.63, 3.8) is 0 Å². The molecule has 2 fully saturated rings. The zero-order valence-corrected chi connectivity index (χ0v) is 18.8. The highest BCUT2D eigenvalue weighted by Gasteiger charge is 2.43. The minimum absolute atomic E-state index is 0.0534. The Morgan fingerprint density at radius 1 is 1.12 bits per heavy atom. The van der Waals surface area contributed by atoms with E-state index in [2.05, 4.69) is 31.2 Å². The number of pyridine rings is 3. The number of aryl methyl sites for hydroxylation is 1. The Hall–Kier alpha value is -3.26. The average Bonchev–Trinajstić information content (AvgIpc) is 3.30. The van der Waals surface area contributed by atoms with Gasteiger partial charge in [0.25, 0.3) is 11.5 Å². The minimum Gasteiger partial charge on any atom is -0.364 e. The van der Waals surface area contributed by atoms with Crippen LogP contribution in [-0.4, -0.2) is 58.0 Å². The molecule has 8 nitrogen and oxygen atoms in total. The van der Waals surface area contributed by atoms with Crippen molar-refractivity contribution >= 4 is 22.6 Å². The predicted molar refractivity (Wildman–Crippen MR) is 127 cm³/mol. The van der Waals surface area contributed by atoms with Gasteiger partial charge in [0.2, 0.25) is 0 Å². The lowest BCUT2D eigenvalue weighted by atomic mass is 9.81. The summed E-state index contributed by atoms with van der Waals surface area (Å²) in [5.74, 6) is -0.164. The van der Waals surface area contributed by atoms with E-state index in [1.807, 2.05) is 18.5 Å². The van der Waals surface area contributed by atoms with Crippen molar-refractivity contribution in [1.29, 1.82) is 0 Å². The van der Waals surface area contributed by atoms with Crippen molar-refractivity contribution in [2.75, 3.05) is 25.0 Å². The number of aromatic nitrogens is 3. The van der Waals surface area contributed by atoms with Crippen LogP contribution in [0.15, 0.2) is 35.4 Å². The van der Waals surface area contributed by atoms with Crippen LogP contribution < -0.4 is 15.8 Å². The molecule has 2 unspecified atom stereocenters.